The molecule has 25 heavy (non-hydrogen) atoms. The fourth-order valence-electron chi connectivity index (χ4n) is 2.14. The largest absolute Gasteiger partial charge is 0.418 e. The molecule has 2 heterocycles. The van der Waals surface area contributed by atoms with Crippen LogP contribution in [-0.4, -0.2) is 15.4 Å². The number of rotatable bonds is 4. The molecule has 0 bridgehead atoms. The molecule has 0 aliphatic carbocycles. The molecule has 0 aliphatic rings. The van der Waals surface area contributed by atoms with Gasteiger partial charge in [-0.2, -0.15) is 0 Å². The highest BCUT2D eigenvalue weighted by atomic mass is 32.2. The van der Waals surface area contributed by atoms with Gasteiger partial charge in [-0.1, -0.05) is 25.9 Å². The van der Waals surface area contributed by atoms with Crippen molar-refractivity contribution in [1.82, 2.24) is 15.4 Å². The summed E-state index contributed by atoms with van der Waals surface area (Å²) in [6, 6.07) is 8.14. The van der Waals surface area contributed by atoms with Crippen molar-refractivity contribution in [3.8, 4) is 11.6 Å². The van der Waals surface area contributed by atoms with Gasteiger partial charge in [0.15, 0.2) is 5.69 Å². The van der Waals surface area contributed by atoms with Gasteiger partial charge in [0, 0.05) is 16.4 Å². The molecular weight excluding hydrogens is 341 g/mol. The molecule has 0 fully saturated rings. The van der Waals surface area contributed by atoms with Crippen molar-refractivity contribution in [2.75, 3.05) is 0 Å². The number of thioether (sulfide) groups is 1. The Labute approximate surface area is 150 Å². The molecule has 0 aliphatic heterocycles. The Morgan fingerprint density at radius 2 is 1.68 bits per heavy atom. The Morgan fingerprint density at radius 3 is 2.28 bits per heavy atom. The van der Waals surface area contributed by atoms with Crippen LogP contribution in [0.4, 0.5) is 4.39 Å². The molecule has 2 aromatic heterocycles. The zero-order valence-corrected chi connectivity index (χ0v) is 15.6. The predicted molar refractivity (Wildman–Crippen MR) is 93.8 cm³/mol. The summed E-state index contributed by atoms with van der Waals surface area (Å²) in [5.41, 5.74) is 0.373. The van der Waals surface area contributed by atoms with Gasteiger partial charge in [0.2, 0.25) is 5.89 Å². The SMILES string of the molecule is CC(C)(C)c1cc(-c2nnc(C(C)(C)Sc3ccc(F)cc3)o2)no1. The van der Waals surface area contributed by atoms with Crippen molar-refractivity contribution in [1.29, 1.82) is 0 Å². The van der Waals surface area contributed by atoms with E-state index in [1.165, 1.54) is 23.9 Å². The molecule has 0 amide bonds. The molecule has 0 saturated heterocycles. The van der Waals surface area contributed by atoms with Gasteiger partial charge in [0.25, 0.3) is 5.89 Å². The van der Waals surface area contributed by atoms with Gasteiger partial charge < -0.3 is 8.94 Å². The van der Waals surface area contributed by atoms with Crippen molar-refractivity contribution in [2.24, 2.45) is 0 Å². The van der Waals surface area contributed by atoms with Crippen LogP contribution in [-0.2, 0) is 10.2 Å². The summed E-state index contributed by atoms with van der Waals surface area (Å²) in [5, 5.41) is 12.3. The molecule has 3 aromatic rings. The lowest BCUT2D eigenvalue weighted by molar-refractivity contribution is 0.329. The predicted octanol–water partition coefficient (Wildman–Crippen LogP) is 5.19. The summed E-state index contributed by atoms with van der Waals surface area (Å²) in [6.45, 7) is 10.1. The second-order valence-electron chi connectivity index (χ2n) is 7.31. The normalized spacial score (nSPS) is 12.6. The van der Waals surface area contributed by atoms with Crippen LogP contribution in [0.3, 0.4) is 0 Å². The van der Waals surface area contributed by atoms with E-state index in [4.69, 9.17) is 8.94 Å². The first-order valence-corrected chi connectivity index (χ1v) is 8.73. The summed E-state index contributed by atoms with van der Waals surface area (Å²) >= 11 is 1.52. The maximum Gasteiger partial charge on any atom is 0.269 e. The monoisotopic (exact) mass is 361 g/mol. The Balaban J connectivity index is 1.82. The van der Waals surface area contributed by atoms with Crippen LogP contribution in [0.2, 0.25) is 0 Å². The van der Waals surface area contributed by atoms with E-state index in [-0.39, 0.29) is 11.2 Å². The zero-order valence-electron chi connectivity index (χ0n) is 14.8. The highest BCUT2D eigenvalue weighted by Crippen LogP contribution is 2.40. The third kappa shape index (κ3) is 3.92. The Hall–Kier alpha value is -2.15. The Morgan fingerprint density at radius 1 is 1.00 bits per heavy atom. The van der Waals surface area contributed by atoms with Crippen molar-refractivity contribution in [3.05, 3.63) is 47.8 Å². The molecule has 0 unspecified atom stereocenters. The lowest BCUT2D eigenvalue weighted by Crippen LogP contribution is -2.12. The number of nitrogens with zero attached hydrogens (tertiary/aromatic N) is 3. The molecule has 3 rings (SSSR count). The van der Waals surface area contributed by atoms with E-state index in [2.05, 4.69) is 15.4 Å². The molecule has 7 heteroatoms. The molecule has 1 aromatic carbocycles. The number of hydrogen-bond donors (Lipinski definition) is 0. The van der Waals surface area contributed by atoms with Crippen LogP contribution in [0.5, 0.6) is 0 Å². The average Bonchev–Trinajstić information content (AvgIpc) is 3.17. The standard InChI is InChI=1S/C18H20FN3O2S/c1-17(2,3)14-10-13(22-24-14)15-20-21-16(23-15)18(4,5)25-12-8-6-11(19)7-9-12/h6-10H,1-5H3. The van der Waals surface area contributed by atoms with Gasteiger partial charge in [0.1, 0.15) is 11.6 Å². The fraction of sp³-hybridized carbons (Fsp3) is 0.389. The number of benzene rings is 1. The first kappa shape index (κ1) is 17.7. The van der Waals surface area contributed by atoms with Crippen LogP contribution < -0.4 is 0 Å². The maximum atomic E-state index is 13.1. The molecule has 0 saturated carbocycles. The van der Waals surface area contributed by atoms with Crippen LogP contribution in [0, 0.1) is 5.82 Å². The Kier molecular flexibility index (Phi) is 4.45. The second-order valence-corrected chi connectivity index (χ2v) is 9.00. The zero-order chi connectivity index (χ0) is 18.2. The minimum atomic E-state index is -0.473. The minimum Gasteiger partial charge on any atom is -0.418 e. The summed E-state index contributed by atoms with van der Waals surface area (Å²) in [4.78, 5) is 0.919. The Bertz CT molecular complexity index is 863. The number of hydrogen-bond acceptors (Lipinski definition) is 6. The molecule has 0 N–H and O–H groups in total. The second kappa shape index (κ2) is 6.29. The lowest BCUT2D eigenvalue weighted by Gasteiger charge is -2.19. The van der Waals surface area contributed by atoms with Crippen molar-refractivity contribution in [3.63, 3.8) is 0 Å². The van der Waals surface area contributed by atoms with Crippen molar-refractivity contribution >= 4 is 11.8 Å². The van der Waals surface area contributed by atoms with Gasteiger partial charge in [-0.15, -0.1) is 22.0 Å². The van der Waals surface area contributed by atoms with E-state index in [9.17, 15) is 4.39 Å². The summed E-state index contributed by atoms with van der Waals surface area (Å²) in [7, 11) is 0. The third-order valence-corrected chi connectivity index (χ3v) is 4.79. The molecule has 0 spiro atoms. The van der Waals surface area contributed by atoms with E-state index in [0.29, 0.717) is 17.5 Å². The summed E-state index contributed by atoms with van der Waals surface area (Å²) < 4.78 is 23.8. The van der Waals surface area contributed by atoms with E-state index >= 15 is 0 Å². The van der Waals surface area contributed by atoms with Gasteiger partial charge in [-0.25, -0.2) is 4.39 Å². The van der Waals surface area contributed by atoms with Crippen molar-refractivity contribution in [2.45, 2.75) is 49.7 Å². The highest BCUT2D eigenvalue weighted by Gasteiger charge is 2.30. The average molecular weight is 361 g/mol. The maximum absolute atomic E-state index is 13.1. The van der Waals surface area contributed by atoms with Crippen molar-refractivity contribution < 1.29 is 13.3 Å². The van der Waals surface area contributed by atoms with Gasteiger partial charge >= 0.3 is 0 Å². The molecule has 0 radical (unpaired) electrons. The van der Waals surface area contributed by atoms with Crippen LogP contribution >= 0.6 is 11.8 Å². The molecule has 0 atom stereocenters. The smallest absolute Gasteiger partial charge is 0.269 e. The lowest BCUT2D eigenvalue weighted by atomic mass is 9.93. The van der Waals surface area contributed by atoms with Gasteiger partial charge in [-0.3, -0.25) is 0 Å². The fourth-order valence-corrected chi connectivity index (χ4v) is 3.17. The van der Waals surface area contributed by atoms with Crippen LogP contribution in [0.15, 0.2) is 44.2 Å². The minimum absolute atomic E-state index is 0.147. The first-order valence-electron chi connectivity index (χ1n) is 7.91. The molecular formula is C18H20FN3O2S. The van der Waals surface area contributed by atoms with Gasteiger partial charge in [-0.05, 0) is 38.1 Å². The van der Waals surface area contributed by atoms with E-state index < -0.39 is 4.75 Å². The topological polar surface area (TPSA) is 65.0 Å². The summed E-state index contributed by atoms with van der Waals surface area (Å²) in [6.07, 6.45) is 0. The van der Waals surface area contributed by atoms with E-state index in [1.54, 1.807) is 12.1 Å². The van der Waals surface area contributed by atoms with Crippen LogP contribution in [0.25, 0.3) is 11.6 Å². The molecule has 132 valence electrons. The number of halogens is 1. The van der Waals surface area contributed by atoms with E-state index in [0.717, 1.165) is 10.7 Å². The van der Waals surface area contributed by atoms with Crippen LogP contribution in [0.1, 0.15) is 46.3 Å². The summed E-state index contributed by atoms with van der Waals surface area (Å²) in [5.74, 6) is 1.28. The highest BCUT2D eigenvalue weighted by molar-refractivity contribution is 8.00. The van der Waals surface area contributed by atoms with E-state index in [1.807, 2.05) is 40.7 Å². The third-order valence-electron chi connectivity index (χ3n) is 3.60. The quantitative estimate of drug-likeness (QED) is 0.596. The number of aromatic nitrogens is 3. The first-order chi connectivity index (χ1) is 11.6. The van der Waals surface area contributed by atoms with Gasteiger partial charge in [0.05, 0.1) is 4.75 Å². The molecule has 5 nitrogen and oxygen atoms in total.